The number of hydrogen-bond donors (Lipinski definition) is 2. The van der Waals surface area contributed by atoms with E-state index in [1.807, 2.05) is 0 Å². The summed E-state index contributed by atoms with van der Waals surface area (Å²) >= 11 is 4.26. The zero-order valence-corrected chi connectivity index (χ0v) is 7.18. The maximum absolute atomic E-state index is 10.4. The monoisotopic (exact) mass is 198 g/mol. The predicted octanol–water partition coefficient (Wildman–Crippen LogP) is 0.0546. The van der Waals surface area contributed by atoms with Gasteiger partial charge in [-0.3, -0.25) is 9.32 Å². The largest absolute Gasteiger partial charge is 0.469 e. The van der Waals surface area contributed by atoms with E-state index in [9.17, 15) is 9.36 Å². The Labute approximate surface area is 68.6 Å². The number of thiocarbonyl (C=S) groups is 1. The van der Waals surface area contributed by atoms with E-state index in [4.69, 9.17) is 9.79 Å². The third-order valence-electron chi connectivity index (χ3n) is 0.739. The molecular weight excluding hydrogens is 191 g/mol. The molecule has 0 saturated heterocycles. The van der Waals surface area contributed by atoms with E-state index in [1.54, 1.807) is 0 Å². The fourth-order valence-corrected chi connectivity index (χ4v) is 0.771. The van der Waals surface area contributed by atoms with E-state index in [-0.39, 0.29) is 18.8 Å². The van der Waals surface area contributed by atoms with Crippen molar-refractivity contribution in [1.29, 1.82) is 0 Å². The highest BCUT2D eigenvalue weighted by Crippen LogP contribution is 2.35. The van der Waals surface area contributed by atoms with Gasteiger partial charge in [0.2, 0.25) is 0 Å². The Kier molecular flexibility index (Phi) is 4.63. The molecule has 0 heterocycles. The number of carbonyl (C=O) groups is 1. The van der Waals surface area contributed by atoms with E-state index in [0.29, 0.717) is 0 Å². The van der Waals surface area contributed by atoms with Crippen molar-refractivity contribution in [2.45, 2.75) is 6.42 Å². The van der Waals surface area contributed by atoms with Gasteiger partial charge < -0.3 is 9.79 Å². The van der Waals surface area contributed by atoms with Crippen LogP contribution >= 0.6 is 20.0 Å². The molecule has 0 radical (unpaired) electrons. The van der Waals surface area contributed by atoms with Crippen molar-refractivity contribution in [3.05, 3.63) is 0 Å². The van der Waals surface area contributed by atoms with Crippen molar-refractivity contribution in [2.24, 2.45) is 0 Å². The van der Waals surface area contributed by atoms with E-state index in [0.717, 1.165) is 5.37 Å². The Bertz CT molecular complexity index is 197. The van der Waals surface area contributed by atoms with Gasteiger partial charge in [0.1, 0.15) is 0 Å². The summed E-state index contributed by atoms with van der Waals surface area (Å²) in [5, 5.41) is 0.906. The second-order valence-corrected chi connectivity index (χ2v) is 3.13. The lowest BCUT2D eigenvalue weighted by Crippen LogP contribution is -2.02. The third kappa shape index (κ3) is 7.77. The molecule has 0 amide bonds. The number of phosphoric acid groups is 1. The van der Waals surface area contributed by atoms with Gasteiger partial charge in [-0.25, -0.2) is 4.57 Å². The molecule has 0 aliphatic carbocycles. The Morgan fingerprint density at radius 3 is 2.55 bits per heavy atom. The first-order chi connectivity index (χ1) is 4.95. The molecule has 0 atom stereocenters. The summed E-state index contributed by atoms with van der Waals surface area (Å²) in [6.07, 6.45) is -0.103. The standard InChI is InChI=1S/C4H7O5PS/c5-4(3-11)1-2-9-10(6,7)8/h3H,1-2H2,(H2,6,7,8). The zero-order chi connectivity index (χ0) is 8.91. The average Bonchev–Trinajstić information content (AvgIpc) is 1.85. The smallest absolute Gasteiger partial charge is 0.303 e. The summed E-state index contributed by atoms with van der Waals surface area (Å²) in [4.78, 5) is 26.7. The van der Waals surface area contributed by atoms with Gasteiger partial charge in [-0.1, -0.05) is 12.2 Å². The summed E-state index contributed by atoms with van der Waals surface area (Å²) in [5.74, 6) is -0.381. The minimum Gasteiger partial charge on any atom is -0.303 e. The van der Waals surface area contributed by atoms with Crippen LogP contribution in [0.5, 0.6) is 0 Å². The van der Waals surface area contributed by atoms with Gasteiger partial charge >= 0.3 is 7.82 Å². The van der Waals surface area contributed by atoms with Crippen molar-refractivity contribution in [1.82, 2.24) is 0 Å². The molecule has 2 N–H and O–H groups in total. The molecule has 7 heteroatoms. The molecule has 0 aliphatic rings. The SMILES string of the molecule is O=C(C=S)CCOP(=O)(O)O. The molecule has 0 aliphatic heterocycles. The molecule has 0 aromatic carbocycles. The molecule has 0 aromatic heterocycles. The first-order valence-electron chi connectivity index (χ1n) is 2.64. The van der Waals surface area contributed by atoms with Crippen LogP contribution in [0.4, 0.5) is 0 Å². The highest BCUT2D eigenvalue weighted by molar-refractivity contribution is 7.80. The highest BCUT2D eigenvalue weighted by atomic mass is 32.1. The molecular formula is C4H7O5PS. The Balaban J connectivity index is 3.51. The van der Waals surface area contributed by atoms with Gasteiger partial charge in [-0.2, -0.15) is 0 Å². The number of ketones is 1. The predicted molar refractivity (Wildman–Crippen MR) is 41.3 cm³/mol. The maximum atomic E-state index is 10.4. The fourth-order valence-electron chi connectivity index (χ4n) is 0.324. The quantitative estimate of drug-likeness (QED) is 0.479. The Morgan fingerprint density at radius 1 is 1.64 bits per heavy atom. The lowest BCUT2D eigenvalue weighted by molar-refractivity contribution is -0.112. The van der Waals surface area contributed by atoms with Gasteiger partial charge in [0.15, 0.2) is 5.78 Å². The van der Waals surface area contributed by atoms with Crippen LogP contribution < -0.4 is 0 Å². The minimum atomic E-state index is -4.43. The summed E-state index contributed by atoms with van der Waals surface area (Å²) < 4.78 is 14.0. The first-order valence-corrected chi connectivity index (χ1v) is 4.64. The molecule has 11 heavy (non-hydrogen) atoms. The van der Waals surface area contributed by atoms with Gasteiger partial charge in [0.25, 0.3) is 0 Å². The second-order valence-electron chi connectivity index (χ2n) is 1.66. The van der Waals surface area contributed by atoms with Crippen molar-refractivity contribution in [2.75, 3.05) is 6.61 Å². The van der Waals surface area contributed by atoms with Crippen molar-refractivity contribution < 1.29 is 23.7 Å². The van der Waals surface area contributed by atoms with Crippen LogP contribution in [0.2, 0.25) is 0 Å². The molecule has 0 fully saturated rings. The summed E-state index contributed by atoms with van der Waals surface area (Å²) in [5.41, 5.74) is 0. The van der Waals surface area contributed by atoms with Crippen LogP contribution in [0, 0.1) is 0 Å². The normalized spacial score (nSPS) is 11.1. The van der Waals surface area contributed by atoms with Gasteiger partial charge in [-0.15, -0.1) is 0 Å². The number of phosphoric ester groups is 1. The molecule has 0 saturated carbocycles. The topological polar surface area (TPSA) is 83.8 Å². The fraction of sp³-hybridized carbons (Fsp3) is 0.500. The molecule has 0 spiro atoms. The summed E-state index contributed by atoms with van der Waals surface area (Å²) in [6.45, 7) is -0.309. The van der Waals surface area contributed by atoms with Crippen molar-refractivity contribution in [3.8, 4) is 0 Å². The van der Waals surface area contributed by atoms with Crippen molar-refractivity contribution >= 4 is 31.2 Å². The number of rotatable bonds is 5. The van der Waals surface area contributed by atoms with Crippen LogP contribution in [-0.4, -0.2) is 27.5 Å². The van der Waals surface area contributed by atoms with Crippen molar-refractivity contribution in [3.63, 3.8) is 0 Å². The lowest BCUT2D eigenvalue weighted by atomic mass is 10.3. The molecule has 0 rings (SSSR count). The summed E-state index contributed by atoms with van der Waals surface area (Å²) in [6, 6.07) is 0. The van der Waals surface area contributed by atoms with Crippen LogP contribution in [0.25, 0.3) is 0 Å². The van der Waals surface area contributed by atoms with Crippen LogP contribution in [0.1, 0.15) is 6.42 Å². The highest BCUT2D eigenvalue weighted by Gasteiger charge is 2.13. The molecule has 64 valence electrons. The third-order valence-corrected chi connectivity index (χ3v) is 1.52. The number of hydrogen-bond acceptors (Lipinski definition) is 4. The number of Topliss-reactive ketones (excluding diaryl/α,β-unsaturated/α-hetero) is 1. The average molecular weight is 198 g/mol. The Hall–Kier alpha value is -0.130. The lowest BCUT2D eigenvalue weighted by Gasteiger charge is -2.01. The second kappa shape index (κ2) is 4.69. The van der Waals surface area contributed by atoms with Crippen LogP contribution in [0.15, 0.2) is 0 Å². The van der Waals surface area contributed by atoms with Gasteiger partial charge in [0, 0.05) is 11.8 Å². The Morgan fingerprint density at radius 2 is 2.18 bits per heavy atom. The zero-order valence-electron chi connectivity index (χ0n) is 5.47. The van der Waals surface area contributed by atoms with E-state index < -0.39 is 7.82 Å². The summed E-state index contributed by atoms with van der Waals surface area (Å²) in [7, 11) is -4.43. The van der Waals surface area contributed by atoms with E-state index in [1.165, 1.54) is 0 Å². The molecule has 0 bridgehead atoms. The minimum absolute atomic E-state index is 0.103. The number of carbonyl (C=O) groups excluding carboxylic acids is 1. The van der Waals surface area contributed by atoms with E-state index in [2.05, 4.69) is 16.7 Å². The molecule has 0 unspecified atom stereocenters. The van der Waals surface area contributed by atoms with Gasteiger partial charge in [0.05, 0.1) is 6.61 Å². The van der Waals surface area contributed by atoms with E-state index >= 15 is 0 Å². The molecule has 5 nitrogen and oxygen atoms in total. The van der Waals surface area contributed by atoms with Crippen LogP contribution in [-0.2, 0) is 13.9 Å². The van der Waals surface area contributed by atoms with Gasteiger partial charge in [-0.05, 0) is 0 Å². The molecule has 0 aromatic rings. The first kappa shape index (κ1) is 10.9. The maximum Gasteiger partial charge on any atom is 0.469 e. The van der Waals surface area contributed by atoms with Crippen LogP contribution in [0.3, 0.4) is 0 Å².